The van der Waals surface area contributed by atoms with E-state index in [1.165, 1.54) is 7.11 Å². The molecule has 1 N–H and O–H groups in total. The van der Waals surface area contributed by atoms with Gasteiger partial charge in [-0.1, -0.05) is 17.7 Å². The fourth-order valence-electron chi connectivity index (χ4n) is 5.79. The maximum Gasteiger partial charge on any atom is 0.308 e. The van der Waals surface area contributed by atoms with E-state index in [2.05, 4.69) is 21.5 Å². The monoisotopic (exact) mass is 518 g/mol. The number of esters is 1. The molecule has 4 aromatic rings. The Hall–Kier alpha value is -3.65. The molecule has 2 aliphatic carbocycles. The van der Waals surface area contributed by atoms with E-state index in [1.54, 1.807) is 25.4 Å². The minimum atomic E-state index is -0.245. The van der Waals surface area contributed by atoms with Gasteiger partial charge in [0.25, 0.3) is 5.91 Å². The van der Waals surface area contributed by atoms with Crippen LogP contribution in [0.3, 0.4) is 0 Å². The van der Waals surface area contributed by atoms with Gasteiger partial charge in [0.1, 0.15) is 0 Å². The number of pyridine rings is 1. The van der Waals surface area contributed by atoms with Gasteiger partial charge in [-0.15, -0.1) is 0 Å². The number of benzene rings is 2. The summed E-state index contributed by atoms with van der Waals surface area (Å²) in [4.78, 5) is 30.0. The van der Waals surface area contributed by atoms with E-state index in [0.29, 0.717) is 34.4 Å². The van der Waals surface area contributed by atoms with Gasteiger partial charge in [-0.3, -0.25) is 14.3 Å². The zero-order valence-corrected chi connectivity index (χ0v) is 21.4. The van der Waals surface area contributed by atoms with E-state index in [-0.39, 0.29) is 23.3 Å². The first-order chi connectivity index (χ1) is 17.9. The van der Waals surface area contributed by atoms with Gasteiger partial charge in [-0.2, -0.15) is 5.10 Å². The Bertz CT molecular complexity index is 1550. The fourth-order valence-corrected chi connectivity index (χ4v) is 5.99. The van der Waals surface area contributed by atoms with Crippen molar-refractivity contribution in [1.29, 1.82) is 0 Å². The minimum Gasteiger partial charge on any atom is -0.481 e. The summed E-state index contributed by atoms with van der Waals surface area (Å²) < 4.78 is 12.0. The Balaban J connectivity index is 1.27. The third kappa shape index (κ3) is 4.19. The minimum absolute atomic E-state index is 0.0792. The third-order valence-corrected chi connectivity index (χ3v) is 8.23. The van der Waals surface area contributed by atoms with Gasteiger partial charge in [0, 0.05) is 22.4 Å². The summed E-state index contributed by atoms with van der Waals surface area (Å²) in [7, 11) is 3.03. The lowest BCUT2D eigenvalue weighted by atomic mass is 9.86. The van der Waals surface area contributed by atoms with Gasteiger partial charge in [-0.05, 0) is 67.5 Å². The number of hydrogen-bond acceptors (Lipinski definition) is 6. The molecular formula is C28H27ClN4O4. The number of halogens is 1. The van der Waals surface area contributed by atoms with E-state index in [1.807, 2.05) is 28.9 Å². The van der Waals surface area contributed by atoms with Crippen molar-refractivity contribution in [1.82, 2.24) is 20.1 Å². The standard InChI is InChI=1S/C28H27ClN4O4/c1-36-24-8-4-17-11-16(3-7-23(17)31-24)15-33-25-20(5-6-22(29)21(25)14-30-33)26(34)32-28-10-9-18(27(35)37-2)12-19(28)13-28/h3-8,11,14,18-19H,9-10,12-13,15H2,1-2H3,(H,32,34)/t18-,19?,28+/m1/s1. The van der Waals surface area contributed by atoms with Gasteiger partial charge in [-0.25, -0.2) is 4.98 Å². The summed E-state index contributed by atoms with van der Waals surface area (Å²) >= 11 is 6.49. The normalized spacial score (nSPS) is 22.5. The van der Waals surface area contributed by atoms with Crippen molar-refractivity contribution >= 4 is 45.3 Å². The number of aromatic nitrogens is 3. The van der Waals surface area contributed by atoms with Crippen LogP contribution in [0.5, 0.6) is 5.88 Å². The molecule has 0 aliphatic heterocycles. The second-order valence-electron chi connectivity index (χ2n) is 10.0. The summed E-state index contributed by atoms with van der Waals surface area (Å²) in [6.45, 7) is 0.473. The Labute approximate surface area is 218 Å². The summed E-state index contributed by atoms with van der Waals surface area (Å²) in [5.74, 6) is 0.493. The molecule has 2 heterocycles. The molecule has 6 rings (SSSR count). The first-order valence-corrected chi connectivity index (χ1v) is 12.8. The lowest BCUT2D eigenvalue weighted by Gasteiger charge is -2.27. The highest BCUT2D eigenvalue weighted by Gasteiger charge is 2.58. The van der Waals surface area contributed by atoms with Crippen LogP contribution in [-0.4, -0.2) is 46.4 Å². The number of fused-ring (bicyclic) bond motifs is 3. The Morgan fingerprint density at radius 3 is 2.84 bits per heavy atom. The Morgan fingerprint density at radius 1 is 1.19 bits per heavy atom. The van der Waals surface area contributed by atoms with Gasteiger partial charge >= 0.3 is 5.97 Å². The molecule has 2 saturated carbocycles. The summed E-state index contributed by atoms with van der Waals surface area (Å²) in [6.07, 6.45) is 4.85. The highest BCUT2D eigenvalue weighted by Crippen LogP contribution is 2.55. The van der Waals surface area contributed by atoms with Crippen molar-refractivity contribution in [2.75, 3.05) is 14.2 Å². The van der Waals surface area contributed by atoms with Crippen LogP contribution in [-0.2, 0) is 16.1 Å². The fraction of sp³-hybridized carbons (Fsp3) is 0.357. The largest absolute Gasteiger partial charge is 0.481 e. The topological polar surface area (TPSA) is 95.3 Å². The maximum absolute atomic E-state index is 13.6. The van der Waals surface area contributed by atoms with Gasteiger partial charge < -0.3 is 14.8 Å². The lowest BCUT2D eigenvalue weighted by Crippen LogP contribution is -2.42. The van der Waals surface area contributed by atoms with Gasteiger partial charge in [0.2, 0.25) is 5.88 Å². The molecule has 2 aromatic carbocycles. The molecule has 2 aliphatic rings. The summed E-state index contributed by atoms with van der Waals surface area (Å²) in [5.41, 5.74) is 2.87. The zero-order chi connectivity index (χ0) is 25.7. The number of nitrogens with zero attached hydrogens (tertiary/aromatic N) is 3. The number of carbonyl (C=O) groups is 2. The van der Waals surface area contributed by atoms with Crippen LogP contribution < -0.4 is 10.1 Å². The van der Waals surface area contributed by atoms with E-state index < -0.39 is 0 Å². The lowest BCUT2D eigenvalue weighted by molar-refractivity contribution is -0.146. The predicted octanol–water partition coefficient (Wildman–Crippen LogP) is 4.76. The predicted molar refractivity (Wildman–Crippen MR) is 140 cm³/mol. The second-order valence-corrected chi connectivity index (χ2v) is 10.5. The van der Waals surface area contributed by atoms with Crippen LogP contribution in [0, 0.1) is 11.8 Å². The van der Waals surface area contributed by atoms with Crippen LogP contribution in [0.15, 0.2) is 48.7 Å². The van der Waals surface area contributed by atoms with Crippen molar-refractivity contribution < 1.29 is 19.1 Å². The molecule has 3 atom stereocenters. The average Bonchev–Trinajstić information content (AvgIpc) is 3.47. The number of ether oxygens (including phenoxy) is 2. The molecule has 9 heteroatoms. The second kappa shape index (κ2) is 9.03. The molecule has 0 bridgehead atoms. The van der Waals surface area contributed by atoms with Crippen molar-refractivity contribution in [3.63, 3.8) is 0 Å². The number of nitrogens with one attached hydrogen (secondary N) is 1. The Kier molecular flexibility index (Phi) is 5.79. The molecule has 0 radical (unpaired) electrons. The smallest absolute Gasteiger partial charge is 0.308 e. The molecule has 2 aromatic heterocycles. The van der Waals surface area contributed by atoms with E-state index >= 15 is 0 Å². The van der Waals surface area contributed by atoms with Crippen molar-refractivity contribution in [2.24, 2.45) is 11.8 Å². The highest BCUT2D eigenvalue weighted by molar-refractivity contribution is 6.36. The molecule has 190 valence electrons. The zero-order valence-electron chi connectivity index (χ0n) is 20.7. The van der Waals surface area contributed by atoms with Gasteiger partial charge in [0.15, 0.2) is 0 Å². The summed E-state index contributed by atoms with van der Waals surface area (Å²) in [5, 5.41) is 10.2. The van der Waals surface area contributed by atoms with Crippen molar-refractivity contribution in [3.8, 4) is 5.88 Å². The third-order valence-electron chi connectivity index (χ3n) is 7.90. The van der Waals surface area contributed by atoms with E-state index in [4.69, 9.17) is 21.1 Å². The maximum atomic E-state index is 13.6. The van der Waals surface area contributed by atoms with Crippen LogP contribution in [0.2, 0.25) is 5.02 Å². The number of carbonyl (C=O) groups excluding carboxylic acids is 2. The van der Waals surface area contributed by atoms with E-state index in [9.17, 15) is 9.59 Å². The van der Waals surface area contributed by atoms with Crippen LogP contribution in [0.1, 0.15) is 41.6 Å². The SMILES string of the molecule is COC(=O)[C@@H]1CC[C@]2(NC(=O)c3ccc(Cl)c4cnn(Cc5ccc6nc(OC)ccc6c5)c34)CC2C1. The molecule has 1 amide bonds. The molecule has 37 heavy (non-hydrogen) atoms. The summed E-state index contributed by atoms with van der Waals surface area (Å²) in [6, 6.07) is 13.3. The molecule has 0 saturated heterocycles. The number of hydrogen-bond donors (Lipinski definition) is 1. The molecule has 1 unspecified atom stereocenters. The molecular weight excluding hydrogens is 492 g/mol. The van der Waals surface area contributed by atoms with Gasteiger partial charge in [0.05, 0.1) is 54.5 Å². The van der Waals surface area contributed by atoms with E-state index in [0.717, 1.165) is 47.5 Å². The number of methoxy groups -OCH3 is 2. The first kappa shape index (κ1) is 23.7. The quantitative estimate of drug-likeness (QED) is 0.370. The molecule has 2 fully saturated rings. The van der Waals surface area contributed by atoms with Crippen molar-refractivity contribution in [3.05, 3.63) is 64.8 Å². The number of amides is 1. The molecule has 8 nitrogen and oxygen atoms in total. The number of rotatable bonds is 6. The first-order valence-electron chi connectivity index (χ1n) is 12.4. The van der Waals surface area contributed by atoms with Crippen LogP contribution >= 0.6 is 11.6 Å². The molecule has 0 spiro atoms. The van der Waals surface area contributed by atoms with Crippen molar-refractivity contribution in [2.45, 2.75) is 37.8 Å². The van der Waals surface area contributed by atoms with Crippen LogP contribution in [0.25, 0.3) is 21.8 Å². The Morgan fingerprint density at radius 2 is 2.05 bits per heavy atom. The average molecular weight is 519 g/mol. The van der Waals surface area contributed by atoms with Crippen LogP contribution in [0.4, 0.5) is 0 Å². The highest BCUT2D eigenvalue weighted by atomic mass is 35.5.